The van der Waals surface area contributed by atoms with Gasteiger partial charge in [-0.2, -0.15) is 5.10 Å². The lowest BCUT2D eigenvalue weighted by Gasteiger charge is -2.06. The molecule has 0 fully saturated rings. The van der Waals surface area contributed by atoms with E-state index < -0.39 is 0 Å². The van der Waals surface area contributed by atoms with Crippen molar-refractivity contribution in [1.82, 2.24) is 15.1 Å². The van der Waals surface area contributed by atoms with Crippen LogP contribution in [0.3, 0.4) is 0 Å². The maximum absolute atomic E-state index is 11.9. The van der Waals surface area contributed by atoms with Gasteiger partial charge in [0.15, 0.2) is 0 Å². The molecule has 1 N–H and O–H groups in total. The third-order valence-electron chi connectivity index (χ3n) is 3.27. The summed E-state index contributed by atoms with van der Waals surface area (Å²) < 4.78 is 5.74. The number of ether oxygens (including phenoxy) is 1. The van der Waals surface area contributed by atoms with Crippen molar-refractivity contribution in [2.75, 3.05) is 13.7 Å². The van der Waals surface area contributed by atoms with Gasteiger partial charge >= 0.3 is 5.97 Å². The molecule has 1 aromatic heterocycles. The third-order valence-corrected chi connectivity index (χ3v) is 3.27. The number of methoxy groups -OCH3 is 1. The minimum absolute atomic E-state index is 0.188. The van der Waals surface area contributed by atoms with Crippen LogP contribution in [0.4, 0.5) is 0 Å². The molecule has 1 aromatic carbocycles. The average molecular weight is 315 g/mol. The number of aryl methyl sites for hydroxylation is 1. The van der Waals surface area contributed by atoms with E-state index in [2.05, 4.69) is 15.2 Å². The zero-order valence-electron chi connectivity index (χ0n) is 12.9. The number of esters is 1. The molecule has 23 heavy (non-hydrogen) atoms. The Morgan fingerprint density at radius 2 is 1.87 bits per heavy atom. The highest BCUT2D eigenvalue weighted by molar-refractivity contribution is 5.92. The Hall–Kier alpha value is -2.96. The SMILES string of the molecule is COC(=O)c1ccc(CCNC(=O)c2ccc(=O)n(C)n2)cc1. The van der Waals surface area contributed by atoms with E-state index in [1.54, 1.807) is 12.1 Å². The van der Waals surface area contributed by atoms with Crippen molar-refractivity contribution < 1.29 is 14.3 Å². The molecule has 0 bridgehead atoms. The highest BCUT2D eigenvalue weighted by atomic mass is 16.5. The lowest BCUT2D eigenvalue weighted by molar-refractivity contribution is 0.0600. The molecule has 0 saturated heterocycles. The molecule has 0 spiro atoms. The molecule has 0 saturated carbocycles. The molecular weight excluding hydrogens is 298 g/mol. The van der Waals surface area contributed by atoms with E-state index >= 15 is 0 Å². The van der Waals surface area contributed by atoms with Gasteiger partial charge in [-0.15, -0.1) is 0 Å². The van der Waals surface area contributed by atoms with Gasteiger partial charge < -0.3 is 10.1 Å². The molecule has 7 heteroatoms. The van der Waals surface area contributed by atoms with Gasteiger partial charge in [-0.05, 0) is 30.2 Å². The topological polar surface area (TPSA) is 90.3 Å². The molecule has 0 unspecified atom stereocenters. The Bertz CT molecular complexity index is 766. The molecule has 7 nitrogen and oxygen atoms in total. The fraction of sp³-hybridized carbons (Fsp3) is 0.250. The fourth-order valence-corrected chi connectivity index (χ4v) is 1.96. The van der Waals surface area contributed by atoms with Gasteiger partial charge in [0.05, 0.1) is 12.7 Å². The van der Waals surface area contributed by atoms with E-state index in [1.165, 1.54) is 26.3 Å². The second-order valence-electron chi connectivity index (χ2n) is 4.87. The van der Waals surface area contributed by atoms with Crippen LogP contribution < -0.4 is 10.9 Å². The second kappa shape index (κ2) is 7.35. The van der Waals surface area contributed by atoms with Crippen LogP contribution in [0.25, 0.3) is 0 Å². The average Bonchev–Trinajstić information content (AvgIpc) is 2.57. The van der Waals surface area contributed by atoms with Crippen molar-refractivity contribution in [1.29, 1.82) is 0 Å². The van der Waals surface area contributed by atoms with Crippen molar-refractivity contribution in [2.24, 2.45) is 7.05 Å². The van der Waals surface area contributed by atoms with E-state index in [0.29, 0.717) is 18.5 Å². The molecule has 0 radical (unpaired) electrons. The molecule has 0 aliphatic heterocycles. The summed E-state index contributed by atoms with van der Waals surface area (Å²) in [6, 6.07) is 9.66. The lowest BCUT2D eigenvalue weighted by atomic mass is 10.1. The summed E-state index contributed by atoms with van der Waals surface area (Å²) in [6.07, 6.45) is 0.610. The molecule has 2 rings (SSSR count). The number of amides is 1. The molecule has 2 aromatic rings. The Kier molecular flexibility index (Phi) is 5.24. The Morgan fingerprint density at radius 1 is 1.17 bits per heavy atom. The summed E-state index contributed by atoms with van der Waals surface area (Å²) in [4.78, 5) is 34.5. The predicted molar refractivity (Wildman–Crippen MR) is 83.3 cm³/mol. The van der Waals surface area contributed by atoms with Crippen LogP contribution >= 0.6 is 0 Å². The van der Waals surface area contributed by atoms with Gasteiger partial charge in [0.25, 0.3) is 11.5 Å². The first kappa shape index (κ1) is 16.4. The number of carbonyl (C=O) groups excluding carboxylic acids is 2. The largest absolute Gasteiger partial charge is 0.465 e. The van der Waals surface area contributed by atoms with E-state index in [0.717, 1.165) is 10.2 Å². The van der Waals surface area contributed by atoms with Crippen LogP contribution in [0.1, 0.15) is 26.4 Å². The van der Waals surface area contributed by atoms with Gasteiger partial charge in [0.1, 0.15) is 5.69 Å². The summed E-state index contributed by atoms with van der Waals surface area (Å²) >= 11 is 0. The predicted octanol–water partition coefficient (Wildman–Crippen LogP) is 0.539. The summed E-state index contributed by atoms with van der Waals surface area (Å²) in [5.74, 6) is -0.725. The molecule has 0 atom stereocenters. The first-order valence-corrected chi connectivity index (χ1v) is 7.01. The van der Waals surface area contributed by atoms with Crippen molar-refractivity contribution >= 4 is 11.9 Å². The number of hydrogen-bond acceptors (Lipinski definition) is 5. The Morgan fingerprint density at radius 3 is 2.48 bits per heavy atom. The van der Waals surface area contributed by atoms with Crippen LogP contribution in [0.15, 0.2) is 41.2 Å². The summed E-state index contributed by atoms with van der Waals surface area (Å²) in [6.45, 7) is 0.418. The Balaban J connectivity index is 1.89. The fourth-order valence-electron chi connectivity index (χ4n) is 1.96. The number of carbonyl (C=O) groups is 2. The first-order valence-electron chi connectivity index (χ1n) is 7.01. The molecule has 120 valence electrons. The molecule has 1 amide bonds. The zero-order valence-corrected chi connectivity index (χ0v) is 12.9. The smallest absolute Gasteiger partial charge is 0.337 e. The van der Waals surface area contributed by atoms with Crippen LogP contribution in [0.5, 0.6) is 0 Å². The minimum Gasteiger partial charge on any atom is -0.465 e. The van der Waals surface area contributed by atoms with Crippen LogP contribution in [0, 0.1) is 0 Å². The summed E-state index contributed by atoms with van der Waals surface area (Å²) in [5, 5.41) is 6.61. The van der Waals surface area contributed by atoms with Crippen molar-refractivity contribution in [2.45, 2.75) is 6.42 Å². The first-order chi connectivity index (χ1) is 11.0. The highest BCUT2D eigenvalue weighted by Crippen LogP contribution is 2.06. The number of nitrogens with one attached hydrogen (secondary N) is 1. The number of benzene rings is 1. The standard InChI is InChI=1S/C16H17N3O4/c1-19-14(20)8-7-13(18-19)15(21)17-10-9-11-3-5-12(6-4-11)16(22)23-2/h3-8H,9-10H2,1-2H3,(H,17,21). The lowest BCUT2D eigenvalue weighted by Crippen LogP contribution is -2.29. The van der Waals surface area contributed by atoms with Crippen LogP contribution in [-0.2, 0) is 18.2 Å². The molecule has 1 heterocycles. The van der Waals surface area contributed by atoms with E-state index in [1.807, 2.05) is 12.1 Å². The zero-order chi connectivity index (χ0) is 16.8. The summed E-state index contributed by atoms with van der Waals surface area (Å²) in [5.41, 5.74) is 1.38. The van der Waals surface area contributed by atoms with Gasteiger partial charge in [-0.1, -0.05) is 12.1 Å². The number of hydrogen-bond donors (Lipinski definition) is 1. The monoisotopic (exact) mass is 315 g/mol. The molecular formula is C16H17N3O4. The van der Waals surface area contributed by atoms with Gasteiger partial charge in [0.2, 0.25) is 0 Å². The Labute approximate surface area is 132 Å². The summed E-state index contributed by atoms with van der Waals surface area (Å²) in [7, 11) is 2.82. The van der Waals surface area contributed by atoms with Crippen molar-refractivity contribution in [3.8, 4) is 0 Å². The van der Waals surface area contributed by atoms with Crippen molar-refractivity contribution in [3.05, 3.63) is 63.6 Å². The maximum atomic E-state index is 11.9. The maximum Gasteiger partial charge on any atom is 0.337 e. The van der Waals surface area contributed by atoms with Gasteiger partial charge in [-0.25, -0.2) is 9.48 Å². The third kappa shape index (κ3) is 4.26. The van der Waals surface area contributed by atoms with Gasteiger partial charge in [0, 0.05) is 19.7 Å². The van der Waals surface area contributed by atoms with E-state index in [-0.39, 0.29) is 23.1 Å². The quantitative estimate of drug-likeness (QED) is 0.813. The normalized spacial score (nSPS) is 10.2. The second-order valence-corrected chi connectivity index (χ2v) is 4.87. The number of rotatable bonds is 5. The minimum atomic E-state index is -0.384. The molecule has 0 aliphatic rings. The van der Waals surface area contributed by atoms with E-state index in [4.69, 9.17) is 0 Å². The van der Waals surface area contributed by atoms with E-state index in [9.17, 15) is 14.4 Å². The van der Waals surface area contributed by atoms with Crippen LogP contribution in [0.2, 0.25) is 0 Å². The highest BCUT2D eigenvalue weighted by Gasteiger charge is 2.08. The molecule has 0 aliphatic carbocycles. The van der Waals surface area contributed by atoms with Crippen molar-refractivity contribution in [3.63, 3.8) is 0 Å². The van der Waals surface area contributed by atoms with Crippen LogP contribution in [-0.4, -0.2) is 35.3 Å². The number of aromatic nitrogens is 2. The number of nitrogens with zero attached hydrogens (tertiary/aromatic N) is 2. The van der Waals surface area contributed by atoms with Gasteiger partial charge in [-0.3, -0.25) is 9.59 Å².